The molecule has 0 aliphatic heterocycles. The van der Waals surface area contributed by atoms with Gasteiger partial charge in [0.05, 0.1) is 5.69 Å². The molecular weight excluding hydrogens is 256 g/mol. The van der Waals surface area contributed by atoms with Crippen LogP contribution < -0.4 is 0 Å². The summed E-state index contributed by atoms with van der Waals surface area (Å²) in [5, 5.41) is 4.62. The van der Waals surface area contributed by atoms with E-state index in [9.17, 15) is 4.79 Å². The Morgan fingerprint density at radius 2 is 1.94 bits per heavy atom. The maximum Gasteiger partial charge on any atom is 0.206 e. The van der Waals surface area contributed by atoms with E-state index < -0.39 is 0 Å². The second-order valence-corrected chi connectivity index (χ2v) is 5.17. The molecule has 1 heterocycles. The predicted molar refractivity (Wildman–Crippen MR) is 68.9 cm³/mol. The number of nitrogens with zero attached hydrogens (tertiary/aromatic N) is 2. The molecular formula is C12H11ClN2OS. The normalized spacial score (nSPS) is 10.8. The Hall–Kier alpha value is -1.26. The summed E-state index contributed by atoms with van der Waals surface area (Å²) in [6.07, 6.45) is 0. The molecule has 1 aromatic heterocycles. The first-order valence-electron chi connectivity index (χ1n) is 5.22. The van der Waals surface area contributed by atoms with Crippen LogP contribution >= 0.6 is 23.1 Å². The molecule has 2 rings (SSSR count). The van der Waals surface area contributed by atoms with E-state index in [1.807, 2.05) is 13.8 Å². The van der Waals surface area contributed by atoms with Crippen molar-refractivity contribution in [2.75, 3.05) is 0 Å². The third-order valence-corrected chi connectivity index (χ3v) is 3.37. The molecule has 0 bridgehead atoms. The van der Waals surface area contributed by atoms with E-state index in [-0.39, 0.29) is 11.7 Å². The topological polar surface area (TPSA) is 42.9 Å². The zero-order valence-electron chi connectivity index (χ0n) is 9.48. The average Bonchev–Trinajstić information content (AvgIpc) is 2.78. The van der Waals surface area contributed by atoms with Crippen molar-refractivity contribution in [2.24, 2.45) is 0 Å². The van der Waals surface area contributed by atoms with E-state index in [1.165, 1.54) is 0 Å². The van der Waals surface area contributed by atoms with Gasteiger partial charge in [-0.3, -0.25) is 4.79 Å². The highest BCUT2D eigenvalue weighted by Crippen LogP contribution is 2.23. The van der Waals surface area contributed by atoms with Crippen molar-refractivity contribution < 1.29 is 4.79 Å². The Kier molecular flexibility index (Phi) is 3.54. The van der Waals surface area contributed by atoms with Crippen molar-refractivity contribution in [3.63, 3.8) is 0 Å². The highest BCUT2D eigenvalue weighted by Gasteiger charge is 2.19. The van der Waals surface area contributed by atoms with Crippen LogP contribution in [-0.4, -0.2) is 15.4 Å². The first-order valence-corrected chi connectivity index (χ1v) is 6.37. The van der Waals surface area contributed by atoms with Crippen molar-refractivity contribution >= 4 is 28.9 Å². The van der Waals surface area contributed by atoms with Gasteiger partial charge in [0.15, 0.2) is 0 Å². The number of benzene rings is 1. The van der Waals surface area contributed by atoms with Crippen LogP contribution in [0.2, 0.25) is 5.02 Å². The van der Waals surface area contributed by atoms with Gasteiger partial charge in [-0.25, -0.2) is 0 Å². The maximum absolute atomic E-state index is 12.2. The van der Waals surface area contributed by atoms with E-state index in [2.05, 4.69) is 9.59 Å². The molecule has 0 aliphatic rings. The van der Waals surface area contributed by atoms with Crippen LogP contribution in [-0.2, 0) is 0 Å². The third kappa shape index (κ3) is 2.53. The lowest BCUT2D eigenvalue weighted by molar-refractivity contribution is 0.104. The summed E-state index contributed by atoms with van der Waals surface area (Å²) >= 11 is 6.93. The molecule has 0 aliphatic carbocycles. The van der Waals surface area contributed by atoms with Gasteiger partial charge in [0, 0.05) is 10.6 Å². The summed E-state index contributed by atoms with van der Waals surface area (Å²) in [6.45, 7) is 3.99. The minimum Gasteiger partial charge on any atom is -0.288 e. The summed E-state index contributed by atoms with van der Waals surface area (Å²) < 4.78 is 3.85. The SMILES string of the molecule is CC(C)c1nnsc1C(=O)c1ccc(Cl)cc1. The van der Waals surface area contributed by atoms with Crippen LogP contribution in [0.1, 0.15) is 40.7 Å². The molecule has 3 nitrogen and oxygen atoms in total. The first kappa shape index (κ1) is 12.2. The zero-order valence-corrected chi connectivity index (χ0v) is 11.0. The number of rotatable bonds is 3. The van der Waals surface area contributed by atoms with Gasteiger partial charge in [0.2, 0.25) is 5.78 Å². The summed E-state index contributed by atoms with van der Waals surface area (Å²) in [5.74, 6) is 0.153. The Morgan fingerprint density at radius 1 is 1.29 bits per heavy atom. The molecule has 0 atom stereocenters. The highest BCUT2D eigenvalue weighted by molar-refractivity contribution is 7.08. The van der Waals surface area contributed by atoms with Gasteiger partial charge in [0.25, 0.3) is 0 Å². The number of hydrogen-bond acceptors (Lipinski definition) is 4. The minimum atomic E-state index is -0.0413. The van der Waals surface area contributed by atoms with E-state index in [4.69, 9.17) is 11.6 Å². The molecule has 0 unspecified atom stereocenters. The molecule has 0 amide bonds. The summed E-state index contributed by atoms with van der Waals surface area (Å²) in [4.78, 5) is 12.8. The van der Waals surface area contributed by atoms with E-state index >= 15 is 0 Å². The summed E-state index contributed by atoms with van der Waals surface area (Å²) in [7, 11) is 0. The van der Waals surface area contributed by atoms with Crippen molar-refractivity contribution in [3.8, 4) is 0 Å². The third-order valence-electron chi connectivity index (χ3n) is 2.37. The van der Waals surface area contributed by atoms with Crippen LogP contribution in [0.3, 0.4) is 0 Å². The lowest BCUT2D eigenvalue weighted by Crippen LogP contribution is -2.03. The van der Waals surface area contributed by atoms with E-state index in [1.54, 1.807) is 24.3 Å². The van der Waals surface area contributed by atoms with Crippen molar-refractivity contribution in [1.29, 1.82) is 0 Å². The number of carbonyl (C=O) groups is 1. The molecule has 17 heavy (non-hydrogen) atoms. The molecule has 0 saturated carbocycles. The Balaban J connectivity index is 2.37. The fraction of sp³-hybridized carbons (Fsp3) is 0.250. The minimum absolute atomic E-state index is 0.0413. The lowest BCUT2D eigenvalue weighted by Gasteiger charge is -2.03. The van der Waals surface area contributed by atoms with Crippen LogP contribution in [0.4, 0.5) is 0 Å². The largest absolute Gasteiger partial charge is 0.288 e. The van der Waals surface area contributed by atoms with Gasteiger partial charge in [-0.2, -0.15) is 0 Å². The molecule has 0 fully saturated rings. The number of aromatic nitrogens is 2. The quantitative estimate of drug-likeness (QED) is 0.798. The lowest BCUT2D eigenvalue weighted by atomic mass is 10.0. The van der Waals surface area contributed by atoms with Gasteiger partial charge < -0.3 is 0 Å². The number of carbonyl (C=O) groups excluding carboxylic acids is 1. The van der Waals surface area contributed by atoms with E-state index in [0.717, 1.165) is 17.2 Å². The van der Waals surface area contributed by atoms with Crippen molar-refractivity contribution in [1.82, 2.24) is 9.59 Å². The zero-order chi connectivity index (χ0) is 12.4. The molecule has 0 N–H and O–H groups in total. The molecule has 1 aromatic carbocycles. The van der Waals surface area contributed by atoms with Gasteiger partial charge in [0.1, 0.15) is 4.88 Å². The number of ketones is 1. The van der Waals surface area contributed by atoms with Gasteiger partial charge >= 0.3 is 0 Å². The maximum atomic E-state index is 12.2. The fourth-order valence-electron chi connectivity index (χ4n) is 1.47. The molecule has 5 heteroatoms. The van der Waals surface area contributed by atoms with Gasteiger partial charge in [-0.05, 0) is 41.7 Å². The van der Waals surface area contributed by atoms with Crippen LogP contribution in [0, 0.1) is 0 Å². The van der Waals surface area contributed by atoms with Crippen LogP contribution in [0.25, 0.3) is 0 Å². The monoisotopic (exact) mass is 266 g/mol. The molecule has 0 radical (unpaired) electrons. The molecule has 2 aromatic rings. The molecule has 0 spiro atoms. The van der Waals surface area contributed by atoms with Crippen molar-refractivity contribution in [2.45, 2.75) is 19.8 Å². The van der Waals surface area contributed by atoms with E-state index in [0.29, 0.717) is 15.5 Å². The molecule has 0 saturated heterocycles. The van der Waals surface area contributed by atoms with Crippen LogP contribution in [0.5, 0.6) is 0 Å². The van der Waals surface area contributed by atoms with Crippen molar-refractivity contribution in [3.05, 3.63) is 45.4 Å². The number of halogens is 1. The number of hydrogen-bond donors (Lipinski definition) is 0. The Morgan fingerprint density at radius 3 is 2.53 bits per heavy atom. The standard InChI is InChI=1S/C12H11ClN2OS/c1-7(2)10-12(17-15-14-10)11(16)8-3-5-9(13)6-4-8/h3-7H,1-2H3. The smallest absolute Gasteiger partial charge is 0.206 e. The Bertz CT molecular complexity index is 534. The first-order chi connectivity index (χ1) is 8.09. The summed E-state index contributed by atoms with van der Waals surface area (Å²) in [6, 6.07) is 6.85. The van der Waals surface area contributed by atoms with Crippen LogP contribution in [0.15, 0.2) is 24.3 Å². The van der Waals surface area contributed by atoms with Gasteiger partial charge in [-0.1, -0.05) is 29.9 Å². The van der Waals surface area contributed by atoms with Gasteiger partial charge in [-0.15, -0.1) is 5.10 Å². The average molecular weight is 267 g/mol. The second-order valence-electron chi connectivity index (χ2n) is 3.98. The Labute approximate surface area is 109 Å². The predicted octanol–water partition coefficient (Wildman–Crippen LogP) is 3.55. The fourth-order valence-corrected chi connectivity index (χ4v) is 2.37. The second kappa shape index (κ2) is 4.94. The highest BCUT2D eigenvalue weighted by atomic mass is 35.5. The molecule has 88 valence electrons. The summed E-state index contributed by atoms with van der Waals surface area (Å²) in [5.41, 5.74) is 1.37.